The molecular formula is C6H15O4P. The summed E-state index contributed by atoms with van der Waals surface area (Å²) >= 11 is 0. The van der Waals surface area contributed by atoms with Crippen molar-refractivity contribution in [1.29, 1.82) is 0 Å². The van der Waals surface area contributed by atoms with Crippen LogP contribution in [0.4, 0.5) is 0 Å². The summed E-state index contributed by atoms with van der Waals surface area (Å²) < 4.78 is 14.6. The molecule has 0 aliphatic carbocycles. The fourth-order valence-electron chi connectivity index (χ4n) is 0.361. The summed E-state index contributed by atoms with van der Waals surface area (Å²) in [4.78, 5) is 16.7. The van der Waals surface area contributed by atoms with E-state index in [0.717, 1.165) is 6.42 Å². The van der Waals surface area contributed by atoms with Crippen molar-refractivity contribution >= 4 is 7.82 Å². The molecule has 0 aliphatic heterocycles. The summed E-state index contributed by atoms with van der Waals surface area (Å²) in [5.74, 6) is 0. The molecule has 0 aromatic rings. The van der Waals surface area contributed by atoms with Crippen LogP contribution in [0.15, 0.2) is 0 Å². The van der Waals surface area contributed by atoms with Crippen LogP contribution < -0.4 is 0 Å². The fourth-order valence-corrected chi connectivity index (χ4v) is 0.879. The van der Waals surface area contributed by atoms with E-state index < -0.39 is 7.82 Å². The molecule has 11 heavy (non-hydrogen) atoms. The van der Waals surface area contributed by atoms with E-state index in [1.807, 2.05) is 20.8 Å². The summed E-state index contributed by atoms with van der Waals surface area (Å²) in [5.41, 5.74) is -0.166. The molecule has 0 aromatic heterocycles. The van der Waals surface area contributed by atoms with Crippen LogP contribution in [0.3, 0.4) is 0 Å². The highest BCUT2D eigenvalue weighted by atomic mass is 31.2. The maximum atomic E-state index is 10.3. The van der Waals surface area contributed by atoms with Crippen molar-refractivity contribution in [1.82, 2.24) is 0 Å². The normalized spacial score (nSPS) is 13.5. The van der Waals surface area contributed by atoms with Crippen LogP contribution in [-0.4, -0.2) is 16.4 Å². The first-order valence-corrected chi connectivity index (χ1v) is 5.00. The molecular weight excluding hydrogens is 167 g/mol. The van der Waals surface area contributed by atoms with Gasteiger partial charge in [-0.25, -0.2) is 4.57 Å². The third-order valence-electron chi connectivity index (χ3n) is 1.58. The Morgan fingerprint density at radius 2 is 1.91 bits per heavy atom. The number of phosphoric acid groups is 1. The second kappa shape index (κ2) is 3.68. The lowest BCUT2D eigenvalue weighted by molar-refractivity contribution is 0.126. The molecule has 0 bridgehead atoms. The Morgan fingerprint density at radius 3 is 2.18 bits per heavy atom. The van der Waals surface area contributed by atoms with Crippen molar-refractivity contribution in [2.24, 2.45) is 5.41 Å². The molecule has 0 rings (SSSR count). The second-order valence-electron chi connectivity index (χ2n) is 3.28. The monoisotopic (exact) mass is 182 g/mol. The minimum absolute atomic E-state index is 0.0910. The minimum atomic E-state index is -4.28. The van der Waals surface area contributed by atoms with Crippen molar-refractivity contribution < 1.29 is 18.9 Å². The van der Waals surface area contributed by atoms with Gasteiger partial charge in [-0.3, -0.25) is 4.52 Å². The van der Waals surface area contributed by atoms with Crippen LogP contribution in [0.5, 0.6) is 0 Å². The number of phosphoric ester groups is 1. The van der Waals surface area contributed by atoms with E-state index in [4.69, 9.17) is 9.79 Å². The first-order chi connectivity index (χ1) is 4.77. The molecule has 4 nitrogen and oxygen atoms in total. The van der Waals surface area contributed by atoms with Gasteiger partial charge < -0.3 is 9.79 Å². The molecule has 0 aromatic carbocycles. The Balaban J connectivity index is 3.80. The molecule has 0 saturated heterocycles. The first-order valence-electron chi connectivity index (χ1n) is 3.47. The minimum Gasteiger partial charge on any atom is -0.303 e. The summed E-state index contributed by atoms with van der Waals surface area (Å²) in [5, 5.41) is 0. The lowest BCUT2D eigenvalue weighted by Gasteiger charge is -2.21. The summed E-state index contributed by atoms with van der Waals surface area (Å²) in [7, 11) is -4.28. The molecule has 0 amide bonds. The van der Waals surface area contributed by atoms with Gasteiger partial charge in [0.2, 0.25) is 0 Å². The van der Waals surface area contributed by atoms with Crippen LogP contribution in [0.2, 0.25) is 0 Å². The van der Waals surface area contributed by atoms with Gasteiger partial charge in [-0.2, -0.15) is 0 Å². The molecule has 0 fully saturated rings. The van der Waals surface area contributed by atoms with Gasteiger partial charge in [0.15, 0.2) is 0 Å². The number of hydrogen-bond acceptors (Lipinski definition) is 2. The van der Waals surface area contributed by atoms with E-state index in [9.17, 15) is 4.57 Å². The van der Waals surface area contributed by atoms with Crippen LogP contribution >= 0.6 is 7.82 Å². The third-order valence-corrected chi connectivity index (χ3v) is 2.05. The summed E-state index contributed by atoms with van der Waals surface area (Å²) in [6, 6.07) is 0. The molecule has 0 aliphatic rings. The summed E-state index contributed by atoms with van der Waals surface area (Å²) in [6.07, 6.45) is 0.826. The van der Waals surface area contributed by atoms with Crippen molar-refractivity contribution in [3.63, 3.8) is 0 Å². The van der Waals surface area contributed by atoms with Gasteiger partial charge in [0.25, 0.3) is 0 Å². The van der Waals surface area contributed by atoms with Crippen molar-refractivity contribution in [3.8, 4) is 0 Å². The molecule has 2 N–H and O–H groups in total. The van der Waals surface area contributed by atoms with Gasteiger partial charge in [-0.15, -0.1) is 0 Å². The van der Waals surface area contributed by atoms with Crippen molar-refractivity contribution in [2.75, 3.05) is 6.61 Å². The van der Waals surface area contributed by atoms with Gasteiger partial charge in [-0.1, -0.05) is 20.8 Å². The highest BCUT2D eigenvalue weighted by Gasteiger charge is 2.21. The molecule has 0 unspecified atom stereocenters. The van der Waals surface area contributed by atoms with Gasteiger partial charge >= 0.3 is 7.82 Å². The predicted molar refractivity (Wildman–Crippen MR) is 42.1 cm³/mol. The van der Waals surface area contributed by atoms with Crippen molar-refractivity contribution in [3.05, 3.63) is 0 Å². The summed E-state index contributed by atoms with van der Waals surface area (Å²) in [6.45, 7) is 5.82. The molecule has 0 heterocycles. The van der Waals surface area contributed by atoms with Gasteiger partial charge in [0.1, 0.15) is 0 Å². The number of hydrogen-bond donors (Lipinski definition) is 2. The lowest BCUT2D eigenvalue weighted by Crippen LogP contribution is -2.16. The predicted octanol–water partition coefficient (Wildman–Crippen LogP) is 1.53. The fraction of sp³-hybridized carbons (Fsp3) is 1.00. The van der Waals surface area contributed by atoms with Crippen LogP contribution in [-0.2, 0) is 9.09 Å². The molecule has 0 saturated carbocycles. The van der Waals surface area contributed by atoms with Gasteiger partial charge in [-0.05, 0) is 11.8 Å². The van der Waals surface area contributed by atoms with E-state index in [1.54, 1.807) is 0 Å². The van der Waals surface area contributed by atoms with E-state index in [2.05, 4.69) is 4.52 Å². The Labute approximate surface area is 66.8 Å². The van der Waals surface area contributed by atoms with E-state index in [1.165, 1.54) is 0 Å². The van der Waals surface area contributed by atoms with E-state index in [-0.39, 0.29) is 12.0 Å². The average Bonchev–Trinajstić information content (AvgIpc) is 1.83. The number of rotatable bonds is 4. The Kier molecular flexibility index (Phi) is 3.71. The Hall–Kier alpha value is 0.110. The lowest BCUT2D eigenvalue weighted by atomic mass is 9.92. The molecule has 5 heteroatoms. The second-order valence-corrected chi connectivity index (χ2v) is 4.52. The van der Waals surface area contributed by atoms with Gasteiger partial charge in [0, 0.05) is 0 Å². The van der Waals surface area contributed by atoms with Crippen LogP contribution in [0.25, 0.3) is 0 Å². The zero-order valence-corrected chi connectivity index (χ0v) is 7.97. The van der Waals surface area contributed by atoms with E-state index >= 15 is 0 Å². The SMILES string of the molecule is CCC(C)(C)COP(=O)(O)O. The maximum absolute atomic E-state index is 10.3. The molecule has 0 spiro atoms. The standard InChI is InChI=1S/C6H15O4P/c1-4-6(2,3)5-10-11(7,8)9/h4-5H2,1-3H3,(H2,7,8,9). The Morgan fingerprint density at radius 1 is 1.45 bits per heavy atom. The smallest absolute Gasteiger partial charge is 0.303 e. The van der Waals surface area contributed by atoms with Gasteiger partial charge in [0.05, 0.1) is 6.61 Å². The highest BCUT2D eigenvalue weighted by molar-refractivity contribution is 7.46. The molecule has 0 atom stereocenters. The zero-order chi connectivity index (χ0) is 9.12. The zero-order valence-electron chi connectivity index (χ0n) is 7.07. The quantitative estimate of drug-likeness (QED) is 0.647. The molecule has 68 valence electrons. The Bertz CT molecular complexity index is 160. The first kappa shape index (κ1) is 11.1. The van der Waals surface area contributed by atoms with Crippen LogP contribution in [0, 0.1) is 5.41 Å². The van der Waals surface area contributed by atoms with Crippen LogP contribution in [0.1, 0.15) is 27.2 Å². The van der Waals surface area contributed by atoms with E-state index in [0.29, 0.717) is 0 Å². The van der Waals surface area contributed by atoms with Crippen molar-refractivity contribution in [2.45, 2.75) is 27.2 Å². The highest BCUT2D eigenvalue weighted by Crippen LogP contribution is 2.38. The molecule has 0 radical (unpaired) electrons. The largest absolute Gasteiger partial charge is 0.469 e. The topological polar surface area (TPSA) is 66.8 Å². The maximum Gasteiger partial charge on any atom is 0.469 e. The average molecular weight is 182 g/mol. The third kappa shape index (κ3) is 6.51.